The molecule has 0 saturated carbocycles. The predicted molar refractivity (Wildman–Crippen MR) is 100 cm³/mol. The molecule has 0 aliphatic carbocycles. The summed E-state index contributed by atoms with van der Waals surface area (Å²) < 4.78 is 19.9. The summed E-state index contributed by atoms with van der Waals surface area (Å²) >= 11 is 6.45. The lowest BCUT2D eigenvalue weighted by Crippen LogP contribution is -2.04. The van der Waals surface area contributed by atoms with Crippen LogP contribution >= 0.6 is 11.6 Å². The van der Waals surface area contributed by atoms with Crippen LogP contribution in [0.25, 0.3) is 11.8 Å². The first-order valence-corrected chi connectivity index (χ1v) is 8.50. The van der Waals surface area contributed by atoms with E-state index in [-0.39, 0.29) is 17.4 Å². The Bertz CT molecular complexity index is 1090. The molecule has 4 rings (SSSR count). The van der Waals surface area contributed by atoms with Crippen molar-refractivity contribution in [1.82, 2.24) is 9.78 Å². The zero-order chi connectivity index (χ0) is 19.0. The summed E-state index contributed by atoms with van der Waals surface area (Å²) in [5.74, 6) is -0.664. The summed E-state index contributed by atoms with van der Waals surface area (Å²) in [5, 5.41) is 4.67. The Kier molecular flexibility index (Phi) is 4.33. The van der Waals surface area contributed by atoms with Crippen LogP contribution in [0.5, 0.6) is 0 Å². The number of benzene rings is 2. The van der Waals surface area contributed by atoms with Gasteiger partial charge in [0.2, 0.25) is 5.90 Å². The molecule has 0 bridgehead atoms. The highest BCUT2D eigenvalue weighted by atomic mass is 35.5. The van der Waals surface area contributed by atoms with E-state index < -0.39 is 5.97 Å². The molecule has 2 heterocycles. The van der Waals surface area contributed by atoms with E-state index in [9.17, 15) is 9.18 Å². The lowest BCUT2D eigenvalue weighted by molar-refractivity contribution is -0.129. The third-order valence-electron chi connectivity index (χ3n) is 4.04. The molecule has 5 nitrogen and oxygen atoms in total. The fourth-order valence-corrected chi connectivity index (χ4v) is 3.01. The minimum atomic E-state index is -0.557. The smallest absolute Gasteiger partial charge is 0.363 e. The number of carbonyl (C=O) groups excluding carboxylic acids is 1. The van der Waals surface area contributed by atoms with Crippen LogP contribution in [0, 0.1) is 12.7 Å². The third-order valence-corrected chi connectivity index (χ3v) is 4.41. The summed E-state index contributed by atoms with van der Waals surface area (Å²) in [7, 11) is 0. The maximum atomic E-state index is 13.1. The molecule has 0 saturated heterocycles. The molecule has 2 aromatic carbocycles. The van der Waals surface area contributed by atoms with Crippen LogP contribution in [0.2, 0.25) is 5.15 Å². The molecule has 1 aliphatic heterocycles. The van der Waals surface area contributed by atoms with Crippen molar-refractivity contribution in [3.63, 3.8) is 0 Å². The van der Waals surface area contributed by atoms with Crippen LogP contribution in [0.1, 0.15) is 16.8 Å². The number of cyclic esters (lactones) is 1. The number of aliphatic imine (C=N–C) groups is 1. The molecule has 0 atom stereocenters. The fraction of sp³-hybridized carbons (Fsp3) is 0.0500. The second-order valence-corrected chi connectivity index (χ2v) is 6.24. The summed E-state index contributed by atoms with van der Waals surface area (Å²) in [6.07, 6.45) is 1.54. The monoisotopic (exact) mass is 381 g/mol. The first kappa shape index (κ1) is 17.2. The van der Waals surface area contributed by atoms with Crippen LogP contribution in [0.3, 0.4) is 0 Å². The van der Waals surface area contributed by atoms with Gasteiger partial charge in [-0.25, -0.2) is 18.9 Å². The molecule has 134 valence electrons. The van der Waals surface area contributed by atoms with Gasteiger partial charge in [0.1, 0.15) is 11.0 Å². The Hall–Kier alpha value is -3.25. The minimum Gasteiger partial charge on any atom is -0.402 e. The second-order valence-electron chi connectivity index (χ2n) is 5.88. The van der Waals surface area contributed by atoms with Gasteiger partial charge in [0.15, 0.2) is 5.70 Å². The van der Waals surface area contributed by atoms with E-state index in [1.807, 2.05) is 18.2 Å². The number of hydrogen-bond acceptors (Lipinski definition) is 4. The SMILES string of the molecule is Cc1nn(-c2ccc(F)cc2)c(Cl)c1/C=C1\N=C(c2ccccc2)OC1=O. The highest BCUT2D eigenvalue weighted by Gasteiger charge is 2.25. The van der Waals surface area contributed by atoms with Crippen LogP contribution in [0.4, 0.5) is 4.39 Å². The van der Waals surface area contributed by atoms with Crippen molar-refractivity contribution >= 4 is 29.5 Å². The number of rotatable bonds is 3. The number of aryl methyl sites for hydroxylation is 1. The molecule has 27 heavy (non-hydrogen) atoms. The molecule has 7 heteroatoms. The molecule has 3 aromatic rings. The molecule has 1 aromatic heterocycles. The summed E-state index contributed by atoms with van der Waals surface area (Å²) in [6, 6.07) is 14.9. The van der Waals surface area contributed by atoms with Crippen LogP contribution < -0.4 is 0 Å². The van der Waals surface area contributed by atoms with Gasteiger partial charge in [0, 0.05) is 11.1 Å². The van der Waals surface area contributed by atoms with Crippen molar-refractivity contribution in [2.24, 2.45) is 4.99 Å². The molecule has 0 amide bonds. The normalized spacial score (nSPS) is 15.1. The Morgan fingerprint density at radius 3 is 2.52 bits per heavy atom. The van der Waals surface area contributed by atoms with E-state index in [1.165, 1.54) is 16.8 Å². The van der Waals surface area contributed by atoms with Gasteiger partial charge in [0.25, 0.3) is 0 Å². The van der Waals surface area contributed by atoms with E-state index in [4.69, 9.17) is 16.3 Å². The number of hydrogen-bond donors (Lipinski definition) is 0. The maximum absolute atomic E-state index is 13.1. The van der Waals surface area contributed by atoms with Gasteiger partial charge in [-0.15, -0.1) is 0 Å². The van der Waals surface area contributed by atoms with Gasteiger partial charge in [-0.05, 0) is 49.4 Å². The summed E-state index contributed by atoms with van der Waals surface area (Å²) in [6.45, 7) is 1.76. The first-order valence-electron chi connectivity index (χ1n) is 8.12. The topological polar surface area (TPSA) is 56.5 Å². The Labute approximate surface area is 159 Å². The molecule has 0 N–H and O–H groups in total. The van der Waals surface area contributed by atoms with Crippen molar-refractivity contribution in [2.75, 3.05) is 0 Å². The Balaban J connectivity index is 1.73. The lowest BCUT2D eigenvalue weighted by atomic mass is 10.2. The minimum absolute atomic E-state index is 0.137. The fourth-order valence-electron chi connectivity index (χ4n) is 2.68. The summed E-state index contributed by atoms with van der Waals surface area (Å²) in [4.78, 5) is 16.5. The molecule has 0 unspecified atom stereocenters. The van der Waals surface area contributed by atoms with Crippen molar-refractivity contribution in [3.8, 4) is 5.69 Å². The van der Waals surface area contributed by atoms with Crippen molar-refractivity contribution < 1.29 is 13.9 Å². The quantitative estimate of drug-likeness (QED) is 0.501. The van der Waals surface area contributed by atoms with Gasteiger partial charge in [-0.2, -0.15) is 5.10 Å². The highest BCUT2D eigenvalue weighted by Crippen LogP contribution is 2.28. The van der Waals surface area contributed by atoms with Crippen LogP contribution in [-0.4, -0.2) is 21.6 Å². The van der Waals surface area contributed by atoms with Crippen molar-refractivity contribution in [2.45, 2.75) is 6.92 Å². The van der Waals surface area contributed by atoms with Crippen molar-refractivity contribution in [3.05, 3.63) is 88.1 Å². The lowest BCUT2D eigenvalue weighted by Gasteiger charge is -2.02. The van der Waals surface area contributed by atoms with E-state index >= 15 is 0 Å². The van der Waals surface area contributed by atoms with Gasteiger partial charge in [0.05, 0.1) is 11.4 Å². The molecule has 0 radical (unpaired) electrons. The number of aromatic nitrogens is 2. The van der Waals surface area contributed by atoms with E-state index in [0.717, 1.165) is 0 Å². The van der Waals surface area contributed by atoms with Crippen LogP contribution in [-0.2, 0) is 9.53 Å². The number of halogens is 2. The molecular formula is C20H13ClFN3O2. The third kappa shape index (κ3) is 3.27. The van der Waals surface area contributed by atoms with Gasteiger partial charge < -0.3 is 4.74 Å². The Morgan fingerprint density at radius 2 is 1.81 bits per heavy atom. The average Bonchev–Trinajstić information content (AvgIpc) is 3.18. The zero-order valence-electron chi connectivity index (χ0n) is 14.2. The molecular weight excluding hydrogens is 369 g/mol. The number of carbonyl (C=O) groups is 1. The maximum Gasteiger partial charge on any atom is 0.363 e. The second kappa shape index (κ2) is 6.81. The molecule has 0 spiro atoms. The largest absolute Gasteiger partial charge is 0.402 e. The summed E-state index contributed by atoms with van der Waals surface area (Å²) in [5.41, 5.74) is 2.60. The number of ether oxygens (including phenoxy) is 1. The first-order chi connectivity index (χ1) is 13.0. The molecule has 1 aliphatic rings. The molecule has 0 fully saturated rings. The number of esters is 1. The highest BCUT2D eigenvalue weighted by molar-refractivity contribution is 6.31. The number of nitrogens with zero attached hydrogens (tertiary/aromatic N) is 3. The average molecular weight is 382 g/mol. The predicted octanol–water partition coefficient (Wildman–Crippen LogP) is 4.32. The van der Waals surface area contributed by atoms with Crippen LogP contribution in [0.15, 0.2) is 65.3 Å². The Morgan fingerprint density at radius 1 is 1.11 bits per heavy atom. The zero-order valence-corrected chi connectivity index (χ0v) is 14.9. The van der Waals surface area contributed by atoms with E-state index in [1.54, 1.807) is 37.3 Å². The van der Waals surface area contributed by atoms with E-state index in [2.05, 4.69) is 10.1 Å². The standard InChI is InChI=1S/C20H13ClFN3O2/c1-12-16(18(21)25(24-12)15-9-7-14(22)8-10-15)11-17-20(26)27-19(23-17)13-5-3-2-4-6-13/h2-11H,1H3/b17-11-. The van der Waals surface area contributed by atoms with Gasteiger partial charge in [-0.3, -0.25) is 0 Å². The van der Waals surface area contributed by atoms with Gasteiger partial charge in [-0.1, -0.05) is 29.8 Å². The van der Waals surface area contributed by atoms with Crippen molar-refractivity contribution in [1.29, 1.82) is 0 Å². The van der Waals surface area contributed by atoms with E-state index in [0.29, 0.717) is 27.7 Å². The van der Waals surface area contributed by atoms with Gasteiger partial charge >= 0.3 is 5.97 Å².